The van der Waals surface area contributed by atoms with E-state index in [2.05, 4.69) is 10.6 Å². The summed E-state index contributed by atoms with van der Waals surface area (Å²) < 4.78 is 18.9. The molecule has 0 atom stereocenters. The smallest absolute Gasteiger partial charge is 0.314 e. The Morgan fingerprint density at radius 2 is 1.75 bits per heavy atom. The first-order chi connectivity index (χ1) is 11.7. The predicted molar refractivity (Wildman–Crippen MR) is 93.1 cm³/mol. The Morgan fingerprint density at radius 3 is 2.54 bits per heavy atom. The van der Waals surface area contributed by atoms with Crippen molar-refractivity contribution in [3.05, 3.63) is 64.9 Å². The van der Waals surface area contributed by atoms with Crippen molar-refractivity contribution in [2.75, 3.05) is 19.7 Å². The lowest BCUT2D eigenvalue weighted by Crippen LogP contribution is -2.37. The molecule has 0 saturated heterocycles. The van der Waals surface area contributed by atoms with Gasteiger partial charge in [-0.1, -0.05) is 41.9 Å². The van der Waals surface area contributed by atoms with Gasteiger partial charge in [-0.15, -0.1) is 0 Å². The molecule has 0 aromatic heterocycles. The molecule has 0 fully saturated rings. The van der Waals surface area contributed by atoms with Crippen LogP contribution in [-0.4, -0.2) is 25.7 Å². The quantitative estimate of drug-likeness (QED) is 0.712. The lowest BCUT2D eigenvalue weighted by Gasteiger charge is -2.09. The molecule has 0 aliphatic heterocycles. The number of benzene rings is 2. The fourth-order valence-electron chi connectivity index (χ4n) is 2.09. The number of rotatable bonds is 8. The van der Waals surface area contributed by atoms with Crippen LogP contribution in [-0.2, 0) is 6.42 Å². The predicted octanol–water partition coefficient (Wildman–Crippen LogP) is 3.79. The molecule has 2 amide bonds. The number of halogens is 2. The molecule has 0 unspecified atom stereocenters. The van der Waals surface area contributed by atoms with Crippen LogP contribution in [0.25, 0.3) is 0 Å². The van der Waals surface area contributed by atoms with E-state index in [1.807, 2.05) is 12.1 Å². The largest absolute Gasteiger partial charge is 0.492 e. The monoisotopic (exact) mass is 350 g/mol. The first-order valence-electron chi connectivity index (χ1n) is 7.79. The lowest BCUT2D eigenvalue weighted by molar-refractivity contribution is 0.239. The summed E-state index contributed by atoms with van der Waals surface area (Å²) in [5.74, 6) is 0.380. The summed E-state index contributed by atoms with van der Waals surface area (Å²) in [7, 11) is 0. The van der Waals surface area contributed by atoms with Crippen LogP contribution in [0, 0.1) is 5.82 Å². The second-order valence-corrected chi connectivity index (χ2v) is 5.56. The Labute approximate surface area is 146 Å². The minimum Gasteiger partial charge on any atom is -0.492 e. The first kappa shape index (κ1) is 18.1. The SMILES string of the molecule is O=C(NCCCOc1ccccc1Cl)NCCc1ccccc1F. The number of hydrogen-bond donors (Lipinski definition) is 2. The maximum atomic E-state index is 13.4. The van der Waals surface area contributed by atoms with Crippen LogP contribution in [0.2, 0.25) is 5.02 Å². The fourth-order valence-corrected chi connectivity index (χ4v) is 2.28. The average Bonchev–Trinajstić information content (AvgIpc) is 2.58. The standard InChI is InChI=1S/C18H20ClFN2O2/c19-15-7-2-4-9-17(15)24-13-5-11-21-18(23)22-12-10-14-6-1-3-8-16(14)20/h1-4,6-9H,5,10-13H2,(H2,21,22,23). The van der Waals surface area contributed by atoms with E-state index < -0.39 is 0 Å². The van der Waals surface area contributed by atoms with Crippen LogP contribution in [0.1, 0.15) is 12.0 Å². The van der Waals surface area contributed by atoms with Gasteiger partial charge in [-0.2, -0.15) is 0 Å². The second kappa shape index (κ2) is 9.78. The maximum Gasteiger partial charge on any atom is 0.314 e. The molecule has 0 spiro atoms. The van der Waals surface area contributed by atoms with Crippen molar-refractivity contribution in [2.24, 2.45) is 0 Å². The van der Waals surface area contributed by atoms with Gasteiger partial charge in [0, 0.05) is 13.1 Å². The van der Waals surface area contributed by atoms with E-state index in [4.69, 9.17) is 16.3 Å². The Hall–Kier alpha value is -2.27. The summed E-state index contributed by atoms with van der Waals surface area (Å²) in [6.07, 6.45) is 1.11. The van der Waals surface area contributed by atoms with Gasteiger partial charge in [0.15, 0.2) is 0 Å². The normalized spacial score (nSPS) is 10.2. The van der Waals surface area contributed by atoms with Gasteiger partial charge in [0.2, 0.25) is 0 Å². The summed E-state index contributed by atoms with van der Waals surface area (Å²) in [4.78, 5) is 11.6. The molecule has 0 saturated carbocycles. The van der Waals surface area contributed by atoms with Crippen molar-refractivity contribution in [3.8, 4) is 5.75 Å². The Balaban J connectivity index is 1.55. The van der Waals surface area contributed by atoms with Gasteiger partial charge < -0.3 is 15.4 Å². The number of carbonyl (C=O) groups excluding carboxylic acids is 1. The van der Waals surface area contributed by atoms with Gasteiger partial charge in [0.1, 0.15) is 11.6 Å². The number of urea groups is 1. The van der Waals surface area contributed by atoms with Crippen LogP contribution in [0.3, 0.4) is 0 Å². The number of nitrogens with one attached hydrogen (secondary N) is 2. The molecule has 24 heavy (non-hydrogen) atoms. The van der Waals surface area contributed by atoms with Crippen LogP contribution >= 0.6 is 11.6 Å². The third-order valence-corrected chi connectivity index (χ3v) is 3.65. The van der Waals surface area contributed by atoms with Gasteiger partial charge in [0.25, 0.3) is 0 Å². The Morgan fingerprint density at radius 1 is 1.04 bits per heavy atom. The van der Waals surface area contributed by atoms with Gasteiger partial charge in [-0.25, -0.2) is 9.18 Å². The summed E-state index contributed by atoms with van der Waals surface area (Å²) in [6.45, 7) is 1.32. The fraction of sp³-hybridized carbons (Fsp3) is 0.278. The van der Waals surface area contributed by atoms with E-state index in [1.165, 1.54) is 6.07 Å². The molecule has 2 aromatic rings. The molecule has 0 radical (unpaired) electrons. The summed E-state index contributed by atoms with van der Waals surface area (Å²) in [5.41, 5.74) is 0.589. The minimum atomic E-state index is -0.274. The molecular weight excluding hydrogens is 331 g/mol. The molecular formula is C18H20ClFN2O2. The maximum absolute atomic E-state index is 13.4. The molecule has 6 heteroatoms. The molecule has 2 aromatic carbocycles. The molecule has 0 heterocycles. The number of para-hydroxylation sites is 1. The van der Waals surface area contributed by atoms with Crippen LogP contribution in [0.4, 0.5) is 9.18 Å². The lowest BCUT2D eigenvalue weighted by atomic mass is 10.1. The van der Waals surface area contributed by atoms with Crippen molar-refractivity contribution in [3.63, 3.8) is 0 Å². The Kier molecular flexibility index (Phi) is 7.36. The van der Waals surface area contributed by atoms with Crippen molar-refractivity contribution in [1.82, 2.24) is 10.6 Å². The zero-order valence-electron chi connectivity index (χ0n) is 13.2. The highest BCUT2D eigenvalue weighted by Crippen LogP contribution is 2.22. The van der Waals surface area contributed by atoms with Gasteiger partial charge in [0.05, 0.1) is 11.6 Å². The van der Waals surface area contributed by atoms with E-state index in [1.54, 1.807) is 30.3 Å². The van der Waals surface area contributed by atoms with Crippen LogP contribution in [0.5, 0.6) is 5.75 Å². The summed E-state index contributed by atoms with van der Waals surface area (Å²) in [6, 6.07) is 13.5. The molecule has 128 valence electrons. The third-order valence-electron chi connectivity index (χ3n) is 3.34. The molecule has 2 N–H and O–H groups in total. The van der Waals surface area contributed by atoms with Gasteiger partial charge in [-0.05, 0) is 36.6 Å². The number of carbonyl (C=O) groups is 1. The molecule has 0 aliphatic rings. The topological polar surface area (TPSA) is 50.4 Å². The summed E-state index contributed by atoms with van der Waals surface area (Å²) in [5, 5.41) is 5.99. The highest BCUT2D eigenvalue weighted by molar-refractivity contribution is 6.32. The van der Waals surface area contributed by atoms with E-state index in [-0.39, 0.29) is 11.8 Å². The third kappa shape index (κ3) is 6.08. The highest BCUT2D eigenvalue weighted by atomic mass is 35.5. The van der Waals surface area contributed by atoms with E-state index in [0.29, 0.717) is 48.9 Å². The number of hydrogen-bond acceptors (Lipinski definition) is 2. The number of amides is 2. The van der Waals surface area contributed by atoms with Crippen LogP contribution < -0.4 is 15.4 Å². The first-order valence-corrected chi connectivity index (χ1v) is 8.17. The van der Waals surface area contributed by atoms with E-state index in [0.717, 1.165) is 0 Å². The average molecular weight is 351 g/mol. The van der Waals surface area contributed by atoms with Gasteiger partial charge >= 0.3 is 6.03 Å². The minimum absolute atomic E-state index is 0.253. The van der Waals surface area contributed by atoms with Crippen molar-refractivity contribution >= 4 is 17.6 Å². The zero-order valence-corrected chi connectivity index (χ0v) is 14.0. The van der Waals surface area contributed by atoms with E-state index >= 15 is 0 Å². The van der Waals surface area contributed by atoms with E-state index in [9.17, 15) is 9.18 Å². The number of ether oxygens (including phenoxy) is 1. The zero-order chi connectivity index (χ0) is 17.2. The molecule has 2 rings (SSSR count). The molecule has 0 aliphatic carbocycles. The van der Waals surface area contributed by atoms with Gasteiger partial charge in [-0.3, -0.25) is 0 Å². The highest BCUT2D eigenvalue weighted by Gasteiger charge is 2.03. The second-order valence-electron chi connectivity index (χ2n) is 5.16. The van der Waals surface area contributed by atoms with Crippen molar-refractivity contribution in [2.45, 2.75) is 12.8 Å². The summed E-state index contributed by atoms with van der Waals surface area (Å²) >= 11 is 5.97. The molecule has 4 nitrogen and oxygen atoms in total. The van der Waals surface area contributed by atoms with Crippen molar-refractivity contribution < 1.29 is 13.9 Å². The van der Waals surface area contributed by atoms with Crippen LogP contribution in [0.15, 0.2) is 48.5 Å². The van der Waals surface area contributed by atoms with Crippen molar-refractivity contribution in [1.29, 1.82) is 0 Å². The Bertz CT molecular complexity index is 667. The molecule has 0 bridgehead atoms.